The number of carbonyl (C=O) groups is 2. The fourth-order valence-corrected chi connectivity index (χ4v) is 1.54. The van der Waals surface area contributed by atoms with Crippen molar-refractivity contribution in [1.82, 2.24) is 0 Å². The van der Waals surface area contributed by atoms with Crippen molar-refractivity contribution in [1.29, 1.82) is 10.5 Å². The quantitative estimate of drug-likeness (QED) is 0.774. The van der Waals surface area contributed by atoms with E-state index in [9.17, 15) is 9.59 Å². The van der Waals surface area contributed by atoms with Crippen LogP contribution in [0.2, 0.25) is 0 Å². The first-order chi connectivity index (χ1) is 9.58. The van der Waals surface area contributed by atoms with Crippen LogP contribution < -0.4 is 0 Å². The van der Waals surface area contributed by atoms with Crippen LogP contribution in [0, 0.1) is 22.7 Å². The van der Waals surface area contributed by atoms with Crippen LogP contribution in [-0.2, 0) is 9.47 Å². The van der Waals surface area contributed by atoms with E-state index in [1.165, 1.54) is 12.1 Å². The molecule has 1 aromatic rings. The van der Waals surface area contributed by atoms with Crippen LogP contribution in [0.15, 0.2) is 12.1 Å². The first-order valence-corrected chi connectivity index (χ1v) is 5.91. The summed E-state index contributed by atoms with van der Waals surface area (Å²) >= 11 is 0. The van der Waals surface area contributed by atoms with Gasteiger partial charge in [0.1, 0.15) is 12.1 Å². The minimum absolute atomic E-state index is 0.0366. The third-order valence-electron chi connectivity index (χ3n) is 2.39. The Morgan fingerprint density at radius 1 is 0.950 bits per heavy atom. The Morgan fingerprint density at radius 3 is 1.55 bits per heavy atom. The van der Waals surface area contributed by atoms with Gasteiger partial charge in [0.2, 0.25) is 0 Å². The zero-order valence-corrected chi connectivity index (χ0v) is 11.1. The molecule has 0 aromatic heterocycles. The molecule has 102 valence electrons. The molecule has 6 heteroatoms. The molecule has 0 saturated heterocycles. The van der Waals surface area contributed by atoms with Crippen LogP contribution in [-0.4, -0.2) is 25.2 Å². The smallest absolute Gasteiger partial charge is 0.339 e. The molecule has 0 amide bonds. The van der Waals surface area contributed by atoms with Gasteiger partial charge in [0.25, 0.3) is 0 Å². The Bertz CT molecular complexity index is 568. The molecular formula is C14H12N2O4. The summed E-state index contributed by atoms with van der Waals surface area (Å²) in [6.45, 7) is 3.54. The monoisotopic (exact) mass is 272 g/mol. The SMILES string of the molecule is CCOC(=O)c1cc(C#N)c(C(=O)OCC)cc1C#N. The van der Waals surface area contributed by atoms with E-state index in [2.05, 4.69) is 0 Å². The van der Waals surface area contributed by atoms with Crippen molar-refractivity contribution >= 4 is 11.9 Å². The van der Waals surface area contributed by atoms with Crippen LogP contribution in [0.1, 0.15) is 45.7 Å². The summed E-state index contributed by atoms with van der Waals surface area (Å²) in [5.74, 6) is -1.42. The molecule has 0 aliphatic rings. The van der Waals surface area contributed by atoms with Gasteiger partial charge in [-0.25, -0.2) is 9.59 Å². The maximum atomic E-state index is 11.7. The summed E-state index contributed by atoms with van der Waals surface area (Å²) in [6, 6.07) is 5.95. The van der Waals surface area contributed by atoms with Crippen molar-refractivity contribution in [3.05, 3.63) is 34.4 Å². The number of nitriles is 2. The Kier molecular flexibility index (Phi) is 5.25. The number of ether oxygens (including phenoxy) is 2. The molecule has 20 heavy (non-hydrogen) atoms. The van der Waals surface area contributed by atoms with Gasteiger partial charge in [0.05, 0.1) is 35.5 Å². The van der Waals surface area contributed by atoms with E-state index in [0.29, 0.717) is 0 Å². The predicted octanol–water partition coefficient (Wildman–Crippen LogP) is 1.78. The number of carbonyl (C=O) groups excluding carboxylic acids is 2. The topological polar surface area (TPSA) is 100 Å². The van der Waals surface area contributed by atoms with Gasteiger partial charge in [-0.15, -0.1) is 0 Å². The zero-order chi connectivity index (χ0) is 15.1. The van der Waals surface area contributed by atoms with E-state index in [4.69, 9.17) is 20.0 Å². The van der Waals surface area contributed by atoms with Crippen LogP contribution in [0.3, 0.4) is 0 Å². The molecule has 0 spiro atoms. The highest BCUT2D eigenvalue weighted by molar-refractivity contribution is 5.98. The molecule has 0 radical (unpaired) electrons. The number of rotatable bonds is 4. The maximum Gasteiger partial charge on any atom is 0.339 e. The van der Waals surface area contributed by atoms with Crippen molar-refractivity contribution < 1.29 is 19.1 Å². The average molecular weight is 272 g/mol. The maximum absolute atomic E-state index is 11.7. The molecule has 0 unspecified atom stereocenters. The molecule has 1 aromatic carbocycles. The summed E-state index contributed by atoms with van der Waals surface area (Å²) in [4.78, 5) is 23.4. The van der Waals surface area contributed by atoms with Gasteiger partial charge in [-0.05, 0) is 26.0 Å². The summed E-state index contributed by atoms with van der Waals surface area (Å²) in [6.07, 6.45) is 0. The lowest BCUT2D eigenvalue weighted by Crippen LogP contribution is -2.12. The third-order valence-corrected chi connectivity index (χ3v) is 2.39. The molecule has 0 fully saturated rings. The minimum atomic E-state index is -0.712. The van der Waals surface area contributed by atoms with Gasteiger partial charge in [-0.1, -0.05) is 0 Å². The third kappa shape index (κ3) is 3.12. The van der Waals surface area contributed by atoms with Crippen molar-refractivity contribution in [3.8, 4) is 12.1 Å². The zero-order valence-electron chi connectivity index (χ0n) is 11.1. The predicted molar refractivity (Wildman–Crippen MR) is 67.8 cm³/mol. The van der Waals surface area contributed by atoms with Gasteiger partial charge in [-0.3, -0.25) is 0 Å². The minimum Gasteiger partial charge on any atom is -0.462 e. The lowest BCUT2D eigenvalue weighted by molar-refractivity contribution is 0.0511. The van der Waals surface area contributed by atoms with Crippen LogP contribution in [0.5, 0.6) is 0 Å². The normalized spacial score (nSPS) is 9.20. The highest BCUT2D eigenvalue weighted by Gasteiger charge is 2.20. The standard InChI is InChI=1S/C14H12N2O4/c1-3-19-13(17)11-5-10(8-16)12(6-9(11)7-15)14(18)20-4-2/h5-6H,3-4H2,1-2H3. The number of hydrogen-bond donors (Lipinski definition) is 0. The fourth-order valence-electron chi connectivity index (χ4n) is 1.54. The molecule has 0 aliphatic heterocycles. The Balaban J connectivity index is 3.40. The molecule has 0 bridgehead atoms. The van der Waals surface area contributed by atoms with Gasteiger partial charge in [-0.2, -0.15) is 10.5 Å². The van der Waals surface area contributed by atoms with E-state index in [1.54, 1.807) is 26.0 Å². The number of esters is 2. The van der Waals surface area contributed by atoms with Crippen LogP contribution >= 0.6 is 0 Å². The van der Waals surface area contributed by atoms with Gasteiger partial charge >= 0.3 is 11.9 Å². The molecule has 0 heterocycles. The molecule has 0 N–H and O–H groups in total. The lowest BCUT2D eigenvalue weighted by Gasteiger charge is -2.08. The molecule has 0 saturated carbocycles. The highest BCUT2D eigenvalue weighted by atomic mass is 16.5. The second-order valence-corrected chi connectivity index (χ2v) is 3.61. The number of hydrogen-bond acceptors (Lipinski definition) is 6. The number of benzene rings is 1. The molecule has 1 rings (SSSR count). The van der Waals surface area contributed by atoms with Gasteiger partial charge < -0.3 is 9.47 Å². The lowest BCUT2D eigenvalue weighted by atomic mass is 9.99. The second-order valence-electron chi connectivity index (χ2n) is 3.61. The van der Waals surface area contributed by atoms with E-state index in [1.807, 2.05) is 0 Å². The number of nitrogens with zero attached hydrogens (tertiary/aromatic N) is 2. The van der Waals surface area contributed by atoms with Gasteiger partial charge in [0.15, 0.2) is 0 Å². The average Bonchev–Trinajstić information content (AvgIpc) is 2.46. The molecule has 6 nitrogen and oxygen atoms in total. The molecule has 0 atom stereocenters. The summed E-state index contributed by atoms with van der Waals surface area (Å²) in [5, 5.41) is 18.1. The Hall–Kier alpha value is -2.86. The van der Waals surface area contributed by atoms with Crippen molar-refractivity contribution in [2.75, 3.05) is 13.2 Å². The second kappa shape index (κ2) is 6.91. The molecular weight excluding hydrogens is 260 g/mol. The first-order valence-electron chi connectivity index (χ1n) is 5.91. The summed E-state index contributed by atoms with van der Waals surface area (Å²) < 4.78 is 9.60. The van der Waals surface area contributed by atoms with Crippen molar-refractivity contribution in [2.24, 2.45) is 0 Å². The Morgan fingerprint density at radius 2 is 1.30 bits per heavy atom. The van der Waals surface area contributed by atoms with E-state index < -0.39 is 11.9 Å². The highest BCUT2D eigenvalue weighted by Crippen LogP contribution is 2.18. The van der Waals surface area contributed by atoms with Crippen LogP contribution in [0.4, 0.5) is 0 Å². The van der Waals surface area contributed by atoms with E-state index in [0.717, 1.165) is 0 Å². The Labute approximate surface area is 116 Å². The van der Waals surface area contributed by atoms with E-state index >= 15 is 0 Å². The summed E-state index contributed by atoms with van der Waals surface area (Å²) in [7, 11) is 0. The van der Waals surface area contributed by atoms with Crippen molar-refractivity contribution in [3.63, 3.8) is 0 Å². The fraction of sp³-hybridized carbons (Fsp3) is 0.286. The van der Waals surface area contributed by atoms with Crippen molar-refractivity contribution in [2.45, 2.75) is 13.8 Å². The van der Waals surface area contributed by atoms with Gasteiger partial charge in [0, 0.05) is 0 Å². The van der Waals surface area contributed by atoms with Crippen LogP contribution in [0.25, 0.3) is 0 Å². The molecule has 0 aliphatic carbocycles. The largest absolute Gasteiger partial charge is 0.462 e. The summed E-state index contributed by atoms with van der Waals surface area (Å²) in [5.41, 5.74) is -0.158. The van der Waals surface area contributed by atoms with E-state index in [-0.39, 0.29) is 35.5 Å². The first kappa shape index (κ1) is 15.2.